The number of carbonyl (C=O) groups excluding carboxylic acids is 3. The van der Waals surface area contributed by atoms with Gasteiger partial charge < -0.3 is 15.1 Å². The van der Waals surface area contributed by atoms with E-state index in [1.54, 1.807) is 9.80 Å². The summed E-state index contributed by atoms with van der Waals surface area (Å²) >= 11 is 0. The van der Waals surface area contributed by atoms with Gasteiger partial charge in [-0.05, 0) is 37.0 Å². The van der Waals surface area contributed by atoms with Gasteiger partial charge >= 0.3 is 0 Å². The Bertz CT molecular complexity index is 916. The number of nitrogens with zero attached hydrogens (tertiary/aromatic N) is 2. The molecule has 30 heavy (non-hydrogen) atoms. The lowest BCUT2D eigenvalue weighted by Crippen LogP contribution is -2.53. The van der Waals surface area contributed by atoms with Crippen molar-refractivity contribution in [2.45, 2.75) is 37.6 Å². The molecule has 0 aliphatic carbocycles. The molecular formula is C24H27N3O3. The maximum atomic E-state index is 12.9. The molecule has 2 heterocycles. The Labute approximate surface area is 176 Å². The van der Waals surface area contributed by atoms with Gasteiger partial charge in [-0.1, -0.05) is 48.5 Å². The topological polar surface area (TPSA) is 69.7 Å². The van der Waals surface area contributed by atoms with Gasteiger partial charge in [-0.3, -0.25) is 14.4 Å². The van der Waals surface area contributed by atoms with E-state index in [1.165, 1.54) is 0 Å². The van der Waals surface area contributed by atoms with E-state index in [0.29, 0.717) is 38.8 Å². The van der Waals surface area contributed by atoms with Crippen LogP contribution in [0.15, 0.2) is 60.7 Å². The van der Waals surface area contributed by atoms with E-state index in [-0.39, 0.29) is 29.8 Å². The van der Waals surface area contributed by atoms with Crippen LogP contribution in [0.3, 0.4) is 0 Å². The van der Waals surface area contributed by atoms with Crippen molar-refractivity contribution in [3.05, 3.63) is 66.2 Å². The Morgan fingerprint density at radius 1 is 0.967 bits per heavy atom. The lowest BCUT2D eigenvalue weighted by molar-refractivity contribution is -0.137. The van der Waals surface area contributed by atoms with Crippen molar-refractivity contribution >= 4 is 23.4 Å². The smallest absolute Gasteiger partial charge is 0.246 e. The average Bonchev–Trinajstić information content (AvgIpc) is 3.13. The first-order chi connectivity index (χ1) is 14.5. The van der Waals surface area contributed by atoms with Crippen molar-refractivity contribution in [3.63, 3.8) is 0 Å². The minimum absolute atomic E-state index is 0.0235. The number of para-hydroxylation sites is 1. The van der Waals surface area contributed by atoms with Crippen LogP contribution in [0.25, 0.3) is 0 Å². The van der Waals surface area contributed by atoms with E-state index in [9.17, 15) is 14.4 Å². The summed E-state index contributed by atoms with van der Waals surface area (Å²) in [4.78, 5) is 40.8. The fraction of sp³-hybridized carbons (Fsp3) is 0.375. The quantitative estimate of drug-likeness (QED) is 0.803. The predicted octanol–water partition coefficient (Wildman–Crippen LogP) is 2.53. The third-order valence-electron chi connectivity index (χ3n) is 6.08. The van der Waals surface area contributed by atoms with Crippen molar-refractivity contribution in [3.8, 4) is 0 Å². The number of hydrogen-bond acceptors (Lipinski definition) is 3. The highest BCUT2D eigenvalue weighted by molar-refractivity contribution is 5.97. The summed E-state index contributed by atoms with van der Waals surface area (Å²) in [5.74, 6) is -0.0383. The van der Waals surface area contributed by atoms with Crippen LogP contribution in [-0.2, 0) is 20.8 Å². The summed E-state index contributed by atoms with van der Waals surface area (Å²) < 4.78 is 0. The first-order valence-electron chi connectivity index (χ1n) is 10.5. The molecule has 2 saturated heterocycles. The van der Waals surface area contributed by atoms with Crippen molar-refractivity contribution < 1.29 is 14.4 Å². The predicted molar refractivity (Wildman–Crippen MR) is 115 cm³/mol. The summed E-state index contributed by atoms with van der Waals surface area (Å²) in [5.41, 5.74) is 1.63. The molecule has 2 aromatic rings. The number of anilines is 1. The van der Waals surface area contributed by atoms with Gasteiger partial charge in [0, 0.05) is 37.2 Å². The minimum Gasteiger partial charge on any atom is -0.350 e. The van der Waals surface area contributed by atoms with Crippen molar-refractivity contribution in [2.75, 3.05) is 24.5 Å². The molecule has 0 bridgehead atoms. The zero-order valence-corrected chi connectivity index (χ0v) is 17.0. The summed E-state index contributed by atoms with van der Waals surface area (Å²) in [6.07, 6.45) is 2.85. The first kappa shape index (κ1) is 20.1. The van der Waals surface area contributed by atoms with Crippen LogP contribution >= 0.6 is 0 Å². The number of nitrogens with one attached hydrogen (secondary N) is 1. The van der Waals surface area contributed by atoms with Crippen LogP contribution in [0.1, 0.15) is 31.2 Å². The van der Waals surface area contributed by atoms with Gasteiger partial charge in [-0.2, -0.15) is 0 Å². The van der Waals surface area contributed by atoms with E-state index >= 15 is 0 Å². The minimum atomic E-state index is -0.385. The number of carbonyl (C=O) groups is 3. The number of amides is 3. The SMILES string of the molecule is O=C1CCC(CCC(=O)N2CCN(c3ccccc3)C(=O)C2)(Cc2ccccc2)N1. The Kier molecular flexibility index (Phi) is 5.84. The van der Waals surface area contributed by atoms with Crippen molar-refractivity contribution in [1.82, 2.24) is 10.2 Å². The van der Waals surface area contributed by atoms with Crippen LogP contribution in [0.5, 0.6) is 0 Å². The molecule has 156 valence electrons. The maximum Gasteiger partial charge on any atom is 0.246 e. The molecule has 0 radical (unpaired) electrons. The molecule has 1 N–H and O–H groups in total. The van der Waals surface area contributed by atoms with Crippen molar-refractivity contribution in [1.29, 1.82) is 0 Å². The first-order valence-corrected chi connectivity index (χ1v) is 10.5. The lowest BCUT2D eigenvalue weighted by atomic mass is 9.85. The van der Waals surface area contributed by atoms with Gasteiger partial charge in [0.1, 0.15) is 6.54 Å². The summed E-state index contributed by atoms with van der Waals surface area (Å²) in [5, 5.41) is 3.13. The van der Waals surface area contributed by atoms with E-state index in [1.807, 2.05) is 48.5 Å². The highest BCUT2D eigenvalue weighted by Gasteiger charge is 2.38. The Morgan fingerprint density at radius 3 is 2.30 bits per heavy atom. The third kappa shape index (κ3) is 4.53. The number of hydrogen-bond donors (Lipinski definition) is 1. The van der Waals surface area contributed by atoms with Crippen LogP contribution in [0.2, 0.25) is 0 Å². The Balaban J connectivity index is 1.36. The second-order valence-electron chi connectivity index (χ2n) is 8.19. The highest BCUT2D eigenvalue weighted by atomic mass is 16.2. The third-order valence-corrected chi connectivity index (χ3v) is 6.08. The largest absolute Gasteiger partial charge is 0.350 e. The molecule has 6 nitrogen and oxygen atoms in total. The Hall–Kier alpha value is -3.15. The van der Waals surface area contributed by atoms with E-state index in [2.05, 4.69) is 17.4 Å². The van der Waals surface area contributed by atoms with E-state index < -0.39 is 0 Å². The molecule has 0 saturated carbocycles. The van der Waals surface area contributed by atoms with Gasteiger partial charge in [-0.25, -0.2) is 0 Å². The molecule has 6 heteroatoms. The average molecular weight is 405 g/mol. The maximum absolute atomic E-state index is 12.9. The number of rotatable bonds is 6. The molecule has 4 rings (SSSR count). The summed E-state index contributed by atoms with van der Waals surface area (Å²) in [7, 11) is 0. The number of benzene rings is 2. The van der Waals surface area contributed by atoms with Gasteiger partial charge in [0.15, 0.2) is 0 Å². The zero-order valence-electron chi connectivity index (χ0n) is 17.0. The van der Waals surface area contributed by atoms with E-state index in [0.717, 1.165) is 17.7 Å². The van der Waals surface area contributed by atoms with E-state index in [4.69, 9.17) is 0 Å². The normalized spacial score (nSPS) is 21.6. The second-order valence-corrected chi connectivity index (χ2v) is 8.19. The Morgan fingerprint density at radius 2 is 1.67 bits per heavy atom. The second kappa shape index (κ2) is 8.69. The van der Waals surface area contributed by atoms with Crippen LogP contribution < -0.4 is 10.2 Å². The van der Waals surface area contributed by atoms with Crippen LogP contribution in [0, 0.1) is 0 Å². The molecule has 1 unspecified atom stereocenters. The molecule has 2 aliphatic heterocycles. The fourth-order valence-electron chi connectivity index (χ4n) is 4.44. The highest BCUT2D eigenvalue weighted by Crippen LogP contribution is 2.30. The number of piperazine rings is 1. The van der Waals surface area contributed by atoms with Gasteiger partial charge in [0.25, 0.3) is 0 Å². The summed E-state index contributed by atoms with van der Waals surface area (Å²) in [6.45, 7) is 1.13. The van der Waals surface area contributed by atoms with Crippen LogP contribution in [-0.4, -0.2) is 47.8 Å². The molecule has 2 aliphatic rings. The van der Waals surface area contributed by atoms with Gasteiger partial charge in [0.2, 0.25) is 17.7 Å². The molecule has 2 aromatic carbocycles. The van der Waals surface area contributed by atoms with Gasteiger partial charge in [0.05, 0.1) is 0 Å². The monoisotopic (exact) mass is 405 g/mol. The fourth-order valence-corrected chi connectivity index (χ4v) is 4.44. The van der Waals surface area contributed by atoms with Crippen LogP contribution in [0.4, 0.5) is 5.69 Å². The molecular weight excluding hydrogens is 378 g/mol. The lowest BCUT2D eigenvalue weighted by Gasteiger charge is -2.35. The molecule has 0 aromatic heterocycles. The molecule has 2 fully saturated rings. The molecule has 0 spiro atoms. The van der Waals surface area contributed by atoms with Crippen molar-refractivity contribution in [2.24, 2.45) is 0 Å². The molecule has 3 amide bonds. The standard InChI is InChI=1S/C24H27N3O3/c28-21-11-13-24(25-21,17-19-7-3-1-4-8-19)14-12-22(29)26-15-16-27(23(30)18-26)20-9-5-2-6-10-20/h1-10H,11-18H2,(H,25,28). The zero-order chi connectivity index (χ0) is 21.0. The van der Waals surface area contributed by atoms with Gasteiger partial charge in [-0.15, -0.1) is 0 Å². The molecule has 1 atom stereocenters. The summed E-state index contributed by atoms with van der Waals surface area (Å²) in [6, 6.07) is 19.6.